The lowest BCUT2D eigenvalue weighted by Crippen LogP contribution is -2.40. The molecule has 1 aliphatic rings. The molecule has 1 saturated heterocycles. The molecule has 0 saturated carbocycles. The Bertz CT molecular complexity index is 765. The number of carbonyl (C=O) groups excluding carboxylic acids is 1. The number of methoxy groups -OCH3 is 1. The molecular weight excluding hydrogens is 356 g/mol. The van der Waals surface area contributed by atoms with Gasteiger partial charge in [-0.25, -0.2) is 9.67 Å². The summed E-state index contributed by atoms with van der Waals surface area (Å²) in [7, 11) is 5.03. The number of aromatic nitrogens is 5. The molecule has 3 rings (SSSR count). The maximum Gasteiger partial charge on any atom is 0.314 e. The Morgan fingerprint density at radius 1 is 1.37 bits per heavy atom. The van der Waals surface area contributed by atoms with Gasteiger partial charge >= 0.3 is 6.01 Å². The molecule has 0 aromatic carbocycles. The van der Waals surface area contributed by atoms with Gasteiger partial charge in [0.05, 0.1) is 7.11 Å². The van der Waals surface area contributed by atoms with E-state index in [9.17, 15) is 9.90 Å². The number of hydrogen-bond donors (Lipinski definition) is 2. The van der Waals surface area contributed by atoms with Crippen molar-refractivity contribution in [1.82, 2.24) is 29.2 Å². The summed E-state index contributed by atoms with van der Waals surface area (Å²) in [5.41, 5.74) is 0. The van der Waals surface area contributed by atoms with Crippen LogP contribution in [0.15, 0.2) is 12.4 Å². The third kappa shape index (κ3) is 4.61. The van der Waals surface area contributed by atoms with Gasteiger partial charge in [0.15, 0.2) is 0 Å². The first-order chi connectivity index (χ1) is 12.9. The number of piperidine rings is 1. The van der Waals surface area contributed by atoms with Gasteiger partial charge in [0.25, 0.3) is 12.4 Å². The van der Waals surface area contributed by atoms with Crippen LogP contribution in [0.4, 0.5) is 0 Å². The number of carbonyl (C=O) groups is 2. The third-order valence-electron chi connectivity index (χ3n) is 4.49. The summed E-state index contributed by atoms with van der Waals surface area (Å²) in [4.78, 5) is 30.9. The van der Waals surface area contributed by atoms with Gasteiger partial charge in [-0.05, 0) is 18.8 Å². The van der Waals surface area contributed by atoms with Crippen molar-refractivity contribution in [1.29, 1.82) is 0 Å². The van der Waals surface area contributed by atoms with Crippen molar-refractivity contribution in [2.45, 2.75) is 18.9 Å². The number of amides is 1. The number of nitrogens with zero attached hydrogens (tertiary/aromatic N) is 6. The lowest BCUT2D eigenvalue weighted by atomic mass is 9.90. The molecule has 1 aliphatic heterocycles. The fraction of sp³-hybridized carbons (Fsp3) is 0.562. The highest BCUT2D eigenvalue weighted by Gasteiger charge is 2.31. The Kier molecular flexibility index (Phi) is 6.88. The Hall–Kier alpha value is -2.95. The minimum Gasteiger partial charge on any atom is -0.483 e. The molecule has 0 radical (unpaired) electrons. The van der Waals surface area contributed by atoms with E-state index >= 15 is 0 Å². The number of rotatable bonds is 4. The first-order valence-corrected chi connectivity index (χ1v) is 8.40. The number of imidazole rings is 1. The van der Waals surface area contributed by atoms with Crippen LogP contribution in [0.25, 0.3) is 0 Å². The van der Waals surface area contributed by atoms with Crippen LogP contribution in [0.2, 0.25) is 0 Å². The maximum absolute atomic E-state index is 12.5. The first-order valence-electron chi connectivity index (χ1n) is 8.40. The van der Waals surface area contributed by atoms with Crippen molar-refractivity contribution < 1.29 is 24.5 Å². The lowest BCUT2D eigenvalue weighted by Gasteiger charge is -2.33. The Balaban J connectivity index is 0.000000817. The molecule has 1 atom stereocenters. The van der Waals surface area contributed by atoms with Crippen molar-refractivity contribution in [3.63, 3.8) is 0 Å². The fourth-order valence-corrected chi connectivity index (χ4v) is 3.07. The summed E-state index contributed by atoms with van der Waals surface area (Å²) in [5.74, 6) is 0.675. The molecule has 11 heteroatoms. The highest BCUT2D eigenvalue weighted by molar-refractivity contribution is 5.90. The number of ether oxygens (including phenoxy) is 1. The quantitative estimate of drug-likeness (QED) is 0.699. The van der Waals surface area contributed by atoms with E-state index in [0.717, 1.165) is 0 Å². The van der Waals surface area contributed by atoms with Crippen molar-refractivity contribution >= 4 is 12.4 Å². The predicted molar refractivity (Wildman–Crippen MR) is 93.0 cm³/mol. The largest absolute Gasteiger partial charge is 0.483 e. The molecule has 1 amide bonds. The molecule has 0 aliphatic carbocycles. The topological polar surface area (TPSA) is 136 Å². The number of likely N-dealkylation sites (tertiary alicyclic amines) is 1. The van der Waals surface area contributed by atoms with Gasteiger partial charge in [-0.2, -0.15) is 4.98 Å². The number of aliphatic hydroxyl groups excluding tert-OH is 1. The zero-order valence-corrected chi connectivity index (χ0v) is 15.5. The smallest absolute Gasteiger partial charge is 0.314 e. The molecule has 148 valence electrons. The summed E-state index contributed by atoms with van der Waals surface area (Å²) < 4.78 is 8.30. The summed E-state index contributed by atoms with van der Waals surface area (Å²) >= 11 is 0. The van der Waals surface area contributed by atoms with Crippen molar-refractivity contribution in [3.05, 3.63) is 24.0 Å². The number of aliphatic hydroxyl groups is 1. The highest BCUT2D eigenvalue weighted by atomic mass is 16.5. The second kappa shape index (κ2) is 9.12. The minimum atomic E-state index is -0.615. The van der Waals surface area contributed by atoms with Crippen LogP contribution >= 0.6 is 0 Å². The Morgan fingerprint density at radius 3 is 2.48 bits per heavy atom. The minimum absolute atomic E-state index is 0.0846. The van der Waals surface area contributed by atoms with Gasteiger partial charge in [0.1, 0.15) is 11.9 Å². The zero-order chi connectivity index (χ0) is 20.0. The monoisotopic (exact) mass is 380 g/mol. The van der Waals surface area contributed by atoms with E-state index in [1.807, 2.05) is 17.8 Å². The fourth-order valence-electron chi connectivity index (χ4n) is 3.07. The van der Waals surface area contributed by atoms with Crippen molar-refractivity contribution in [2.24, 2.45) is 20.0 Å². The van der Waals surface area contributed by atoms with Crippen molar-refractivity contribution in [2.75, 3.05) is 20.2 Å². The van der Waals surface area contributed by atoms with E-state index in [0.29, 0.717) is 37.8 Å². The Morgan fingerprint density at radius 2 is 2.00 bits per heavy atom. The van der Waals surface area contributed by atoms with Gasteiger partial charge in [0.2, 0.25) is 5.82 Å². The third-order valence-corrected chi connectivity index (χ3v) is 4.49. The predicted octanol–water partition coefficient (Wildman–Crippen LogP) is -0.156. The van der Waals surface area contributed by atoms with E-state index in [4.69, 9.17) is 14.6 Å². The SMILES string of the molecule is COc1nc(C(=O)N2CCC(C(O)c3nccn3C)CC2)nn1C.O=CO. The van der Waals surface area contributed by atoms with E-state index in [1.54, 1.807) is 18.1 Å². The number of hydrogen-bond acceptors (Lipinski definition) is 7. The molecular formula is C16H24N6O5. The number of aryl methyl sites for hydroxylation is 2. The first kappa shape index (κ1) is 20.4. The second-order valence-corrected chi connectivity index (χ2v) is 6.12. The van der Waals surface area contributed by atoms with Crippen molar-refractivity contribution in [3.8, 4) is 6.01 Å². The molecule has 11 nitrogen and oxygen atoms in total. The average molecular weight is 380 g/mol. The molecule has 2 N–H and O–H groups in total. The van der Waals surface area contributed by atoms with Crippen LogP contribution in [0, 0.1) is 5.92 Å². The molecule has 2 aromatic rings. The van der Waals surface area contributed by atoms with E-state index < -0.39 is 6.10 Å². The molecule has 27 heavy (non-hydrogen) atoms. The van der Waals surface area contributed by atoms with Gasteiger partial charge in [-0.1, -0.05) is 0 Å². The van der Waals surface area contributed by atoms with E-state index in [1.165, 1.54) is 11.8 Å². The van der Waals surface area contributed by atoms with Crippen LogP contribution in [0.3, 0.4) is 0 Å². The molecule has 1 unspecified atom stereocenters. The molecule has 3 heterocycles. The van der Waals surface area contributed by atoms with E-state index in [-0.39, 0.29) is 24.1 Å². The highest BCUT2D eigenvalue weighted by Crippen LogP contribution is 2.30. The van der Waals surface area contributed by atoms with Gasteiger partial charge < -0.3 is 24.4 Å². The van der Waals surface area contributed by atoms with E-state index in [2.05, 4.69) is 15.1 Å². The summed E-state index contributed by atoms with van der Waals surface area (Å²) in [6.45, 7) is 0.872. The summed E-state index contributed by atoms with van der Waals surface area (Å²) in [6, 6.07) is 0.304. The number of carboxylic acid groups (broad SMARTS) is 1. The van der Waals surface area contributed by atoms with Crippen LogP contribution < -0.4 is 4.74 Å². The second-order valence-electron chi connectivity index (χ2n) is 6.12. The average Bonchev–Trinajstić information content (AvgIpc) is 3.26. The molecule has 1 fully saturated rings. The van der Waals surface area contributed by atoms with Gasteiger partial charge in [-0.15, -0.1) is 5.10 Å². The molecule has 0 spiro atoms. The maximum atomic E-state index is 12.5. The summed E-state index contributed by atoms with van der Waals surface area (Å²) in [6.07, 6.45) is 4.30. The van der Waals surface area contributed by atoms with Crippen LogP contribution in [-0.2, 0) is 18.9 Å². The van der Waals surface area contributed by atoms with Crippen LogP contribution in [0.1, 0.15) is 35.4 Å². The van der Waals surface area contributed by atoms with Gasteiger partial charge in [0, 0.05) is 39.6 Å². The van der Waals surface area contributed by atoms with Crippen LogP contribution in [-0.4, -0.2) is 72.0 Å². The Labute approximate surface area is 156 Å². The zero-order valence-electron chi connectivity index (χ0n) is 15.5. The lowest BCUT2D eigenvalue weighted by molar-refractivity contribution is -0.122. The standard InChI is InChI=1S/C15H22N6O3.CH2O2/c1-19-9-6-16-13(19)11(22)10-4-7-21(8-5-10)14(23)12-17-15(24-3)20(2)18-12;2-1-3/h6,9-11,22H,4-5,7-8H2,1-3H3;1H,(H,2,3). The van der Waals surface area contributed by atoms with Gasteiger partial charge in [-0.3, -0.25) is 9.59 Å². The normalized spacial score (nSPS) is 15.6. The summed E-state index contributed by atoms with van der Waals surface area (Å²) in [5, 5.41) is 21.5. The molecule has 0 bridgehead atoms. The van der Waals surface area contributed by atoms with Crippen LogP contribution in [0.5, 0.6) is 6.01 Å². The molecule has 2 aromatic heterocycles.